The molecule has 0 saturated carbocycles. The molecule has 116 valence electrons. The zero-order valence-electron chi connectivity index (χ0n) is 12.6. The summed E-state index contributed by atoms with van der Waals surface area (Å²) in [5.41, 5.74) is 5.36. The number of primary amides is 1. The number of ether oxygens (including phenoxy) is 2. The second-order valence-electron chi connectivity index (χ2n) is 5.05. The molecule has 0 aliphatic heterocycles. The fraction of sp³-hybridized carbons (Fsp3) is 0.467. The smallest absolute Gasteiger partial charge is 0.251 e. The minimum Gasteiger partial charge on any atom is -0.493 e. The average Bonchev–Trinajstić information content (AvgIpc) is 2.44. The zero-order valence-corrected chi connectivity index (χ0v) is 12.6. The fourth-order valence-corrected chi connectivity index (χ4v) is 1.60. The van der Waals surface area contributed by atoms with Crippen LogP contribution in [-0.2, 0) is 4.79 Å². The molecular formula is C15H22N2O4. The Kier molecular flexibility index (Phi) is 6.52. The molecule has 0 heterocycles. The largest absolute Gasteiger partial charge is 0.493 e. The van der Waals surface area contributed by atoms with Gasteiger partial charge in [0.25, 0.3) is 5.91 Å². The second kappa shape index (κ2) is 8.14. The van der Waals surface area contributed by atoms with Crippen molar-refractivity contribution in [1.29, 1.82) is 0 Å². The molecule has 1 rings (SSSR count). The third-order valence-electron chi connectivity index (χ3n) is 2.80. The van der Waals surface area contributed by atoms with Gasteiger partial charge in [0.1, 0.15) is 0 Å². The number of carbonyl (C=O) groups excluding carboxylic acids is 2. The highest BCUT2D eigenvalue weighted by Crippen LogP contribution is 2.28. The lowest BCUT2D eigenvalue weighted by molar-refractivity contribution is -0.117. The van der Waals surface area contributed by atoms with Crippen molar-refractivity contribution in [2.75, 3.05) is 20.3 Å². The van der Waals surface area contributed by atoms with Gasteiger partial charge in [-0.2, -0.15) is 0 Å². The quantitative estimate of drug-likeness (QED) is 0.757. The van der Waals surface area contributed by atoms with Crippen molar-refractivity contribution in [3.8, 4) is 11.5 Å². The molecule has 0 atom stereocenters. The first-order chi connectivity index (χ1) is 9.93. The highest BCUT2D eigenvalue weighted by atomic mass is 16.5. The van der Waals surface area contributed by atoms with Crippen molar-refractivity contribution in [1.82, 2.24) is 5.32 Å². The normalized spacial score (nSPS) is 10.3. The van der Waals surface area contributed by atoms with Crippen LogP contribution in [0.15, 0.2) is 18.2 Å². The van der Waals surface area contributed by atoms with Gasteiger partial charge in [-0.1, -0.05) is 13.8 Å². The van der Waals surface area contributed by atoms with Crippen LogP contribution >= 0.6 is 0 Å². The number of carbonyl (C=O) groups is 2. The van der Waals surface area contributed by atoms with Crippen LogP contribution < -0.4 is 20.5 Å². The Balaban J connectivity index is 2.73. The molecule has 3 N–H and O–H groups in total. The second-order valence-corrected chi connectivity index (χ2v) is 5.05. The fourth-order valence-electron chi connectivity index (χ4n) is 1.60. The molecule has 0 aromatic heterocycles. The van der Waals surface area contributed by atoms with E-state index in [1.165, 1.54) is 7.11 Å². The Morgan fingerprint density at radius 1 is 1.29 bits per heavy atom. The van der Waals surface area contributed by atoms with Crippen molar-refractivity contribution < 1.29 is 19.1 Å². The van der Waals surface area contributed by atoms with Crippen LogP contribution in [0.1, 0.15) is 30.6 Å². The van der Waals surface area contributed by atoms with Gasteiger partial charge >= 0.3 is 0 Å². The minimum absolute atomic E-state index is 0.201. The summed E-state index contributed by atoms with van der Waals surface area (Å²) >= 11 is 0. The van der Waals surface area contributed by atoms with Gasteiger partial charge in [-0.25, -0.2) is 0 Å². The maximum Gasteiger partial charge on any atom is 0.251 e. The lowest BCUT2D eigenvalue weighted by Gasteiger charge is -2.13. The molecule has 0 radical (unpaired) electrons. The molecule has 21 heavy (non-hydrogen) atoms. The molecule has 0 spiro atoms. The lowest BCUT2D eigenvalue weighted by atomic mass is 10.1. The van der Waals surface area contributed by atoms with E-state index in [0.717, 1.165) is 6.42 Å². The average molecular weight is 294 g/mol. The number of hydrogen-bond donors (Lipinski definition) is 2. The minimum atomic E-state index is -0.594. The van der Waals surface area contributed by atoms with Gasteiger partial charge in [-0.15, -0.1) is 0 Å². The molecule has 2 amide bonds. The van der Waals surface area contributed by atoms with E-state index in [0.29, 0.717) is 29.6 Å². The Bertz CT molecular complexity index is 500. The summed E-state index contributed by atoms with van der Waals surface area (Å²) in [4.78, 5) is 22.5. The van der Waals surface area contributed by atoms with Crippen LogP contribution in [0.25, 0.3) is 0 Å². The third-order valence-corrected chi connectivity index (χ3v) is 2.80. The molecule has 0 saturated heterocycles. The summed E-state index contributed by atoms with van der Waals surface area (Å²) < 4.78 is 10.9. The molecule has 6 nitrogen and oxygen atoms in total. The highest BCUT2D eigenvalue weighted by molar-refractivity contribution is 5.96. The summed E-state index contributed by atoms with van der Waals surface area (Å²) in [6.07, 6.45) is 0.935. The van der Waals surface area contributed by atoms with Gasteiger partial charge in [0.2, 0.25) is 5.91 Å². The van der Waals surface area contributed by atoms with Crippen LogP contribution in [0.3, 0.4) is 0 Å². The Labute approximate surface area is 124 Å². The summed E-state index contributed by atoms with van der Waals surface area (Å²) in [7, 11) is 1.51. The van der Waals surface area contributed by atoms with Gasteiger partial charge in [-0.3, -0.25) is 9.59 Å². The SMILES string of the molecule is COc1cc(C(=O)NCC(N)=O)ccc1OCCC(C)C. The Morgan fingerprint density at radius 3 is 2.57 bits per heavy atom. The van der Waals surface area contributed by atoms with Crippen LogP contribution in [0, 0.1) is 5.92 Å². The van der Waals surface area contributed by atoms with Gasteiger partial charge in [0, 0.05) is 5.56 Å². The molecule has 0 aliphatic rings. The van der Waals surface area contributed by atoms with Gasteiger partial charge in [0.15, 0.2) is 11.5 Å². The first-order valence-corrected chi connectivity index (χ1v) is 6.81. The zero-order chi connectivity index (χ0) is 15.8. The topological polar surface area (TPSA) is 90.6 Å². The molecule has 0 aliphatic carbocycles. The van der Waals surface area contributed by atoms with Crippen LogP contribution in [-0.4, -0.2) is 32.1 Å². The van der Waals surface area contributed by atoms with E-state index in [1.54, 1.807) is 18.2 Å². The first-order valence-electron chi connectivity index (χ1n) is 6.81. The molecule has 0 bridgehead atoms. The molecule has 0 unspecified atom stereocenters. The van der Waals surface area contributed by atoms with Crippen molar-refractivity contribution in [3.63, 3.8) is 0 Å². The number of benzene rings is 1. The predicted octanol–water partition coefficient (Wildman–Crippen LogP) is 1.34. The van der Waals surface area contributed by atoms with Crippen molar-refractivity contribution in [2.45, 2.75) is 20.3 Å². The summed E-state index contributed by atoms with van der Waals surface area (Å²) in [6, 6.07) is 4.86. The Hall–Kier alpha value is -2.24. The van der Waals surface area contributed by atoms with Crippen molar-refractivity contribution >= 4 is 11.8 Å². The van der Waals surface area contributed by atoms with E-state index >= 15 is 0 Å². The van der Waals surface area contributed by atoms with Gasteiger partial charge in [0.05, 0.1) is 20.3 Å². The van der Waals surface area contributed by atoms with E-state index in [-0.39, 0.29) is 12.5 Å². The van der Waals surface area contributed by atoms with E-state index < -0.39 is 5.91 Å². The van der Waals surface area contributed by atoms with Crippen LogP contribution in [0.2, 0.25) is 0 Å². The molecule has 6 heteroatoms. The van der Waals surface area contributed by atoms with Gasteiger partial charge in [-0.05, 0) is 30.5 Å². The van der Waals surface area contributed by atoms with E-state index in [1.807, 2.05) is 0 Å². The summed E-state index contributed by atoms with van der Waals surface area (Å²) in [5, 5.41) is 2.42. The molecule has 0 fully saturated rings. The molecule has 1 aromatic carbocycles. The number of hydrogen-bond acceptors (Lipinski definition) is 4. The molecular weight excluding hydrogens is 272 g/mol. The van der Waals surface area contributed by atoms with E-state index in [9.17, 15) is 9.59 Å². The monoisotopic (exact) mass is 294 g/mol. The number of rotatable bonds is 8. The van der Waals surface area contributed by atoms with Crippen molar-refractivity contribution in [2.24, 2.45) is 11.7 Å². The van der Waals surface area contributed by atoms with Crippen LogP contribution in [0.4, 0.5) is 0 Å². The molecule has 1 aromatic rings. The highest BCUT2D eigenvalue weighted by Gasteiger charge is 2.11. The third kappa shape index (κ3) is 5.72. The summed E-state index contributed by atoms with van der Waals surface area (Å²) in [6.45, 7) is 4.62. The number of nitrogens with two attached hydrogens (primary N) is 1. The number of methoxy groups -OCH3 is 1. The van der Waals surface area contributed by atoms with Gasteiger partial charge < -0.3 is 20.5 Å². The predicted molar refractivity (Wildman–Crippen MR) is 79.5 cm³/mol. The van der Waals surface area contributed by atoms with E-state index in [2.05, 4.69) is 19.2 Å². The maximum atomic E-state index is 11.8. The van der Waals surface area contributed by atoms with Crippen LogP contribution in [0.5, 0.6) is 11.5 Å². The maximum absolute atomic E-state index is 11.8. The lowest BCUT2D eigenvalue weighted by Crippen LogP contribution is -2.33. The number of amides is 2. The Morgan fingerprint density at radius 2 is 2.00 bits per heavy atom. The first kappa shape index (κ1) is 16.8. The van der Waals surface area contributed by atoms with Crippen molar-refractivity contribution in [3.05, 3.63) is 23.8 Å². The number of nitrogens with one attached hydrogen (secondary N) is 1. The van der Waals surface area contributed by atoms with E-state index in [4.69, 9.17) is 15.2 Å². The standard InChI is InChI=1S/C15H22N2O4/c1-10(2)6-7-21-12-5-4-11(8-13(12)20-3)15(19)17-9-14(16)18/h4-5,8,10H,6-7,9H2,1-3H3,(H2,16,18)(H,17,19). The summed E-state index contributed by atoms with van der Waals surface area (Å²) in [5.74, 6) is 0.634.